The molecule has 0 aromatic carbocycles. The van der Waals surface area contributed by atoms with E-state index in [-0.39, 0.29) is 18.2 Å². The predicted molar refractivity (Wildman–Crippen MR) is 62.4 cm³/mol. The summed E-state index contributed by atoms with van der Waals surface area (Å²) in [6.45, 7) is 8.43. The molecule has 0 radical (unpaired) electrons. The molecule has 1 saturated heterocycles. The molecular weight excluding hydrogens is 206 g/mol. The Kier molecular flexibility index (Phi) is 4.59. The van der Waals surface area contributed by atoms with Gasteiger partial charge >= 0.3 is 6.09 Å². The zero-order valence-corrected chi connectivity index (χ0v) is 10.7. The summed E-state index contributed by atoms with van der Waals surface area (Å²) in [6.07, 6.45) is 2.77. The molecular formula is C12H23NO3. The predicted octanol–water partition coefficient (Wildman–Crippen LogP) is 2.47. The molecule has 0 aromatic heterocycles. The van der Waals surface area contributed by atoms with Gasteiger partial charge in [-0.1, -0.05) is 6.92 Å². The molecule has 4 nitrogen and oxygen atoms in total. The number of hydrogen-bond acceptors (Lipinski definition) is 3. The standard InChI is InChI=1S/C12H23NO3/c1-5-9(10-7-6-8-15-10)13-11(14)16-12(2,3)4/h9-10H,5-8H2,1-4H3,(H,13,14). The quantitative estimate of drug-likeness (QED) is 0.808. The lowest BCUT2D eigenvalue weighted by molar-refractivity contribution is 0.0361. The first-order chi connectivity index (χ1) is 7.42. The highest BCUT2D eigenvalue weighted by Crippen LogP contribution is 2.18. The third-order valence-electron chi connectivity index (χ3n) is 2.56. The topological polar surface area (TPSA) is 47.6 Å². The summed E-state index contributed by atoms with van der Waals surface area (Å²) in [5.74, 6) is 0. The average Bonchev–Trinajstić information content (AvgIpc) is 2.63. The molecule has 0 bridgehead atoms. The zero-order valence-electron chi connectivity index (χ0n) is 10.7. The summed E-state index contributed by atoms with van der Waals surface area (Å²) in [7, 11) is 0. The Labute approximate surface area is 97.7 Å². The van der Waals surface area contributed by atoms with Gasteiger partial charge in [0.25, 0.3) is 0 Å². The highest BCUT2D eigenvalue weighted by atomic mass is 16.6. The Hall–Kier alpha value is -0.770. The van der Waals surface area contributed by atoms with Crippen LogP contribution in [0.15, 0.2) is 0 Å². The molecule has 1 amide bonds. The second-order valence-corrected chi connectivity index (χ2v) is 5.21. The second kappa shape index (κ2) is 5.53. The summed E-state index contributed by atoms with van der Waals surface area (Å²) in [6, 6.07) is 0.0670. The molecule has 1 heterocycles. The van der Waals surface area contributed by atoms with Gasteiger partial charge in [-0.05, 0) is 40.0 Å². The largest absolute Gasteiger partial charge is 0.444 e. The first kappa shape index (κ1) is 13.3. The molecule has 0 aromatic rings. The van der Waals surface area contributed by atoms with Crippen LogP contribution < -0.4 is 5.32 Å². The van der Waals surface area contributed by atoms with Crippen molar-refractivity contribution in [3.05, 3.63) is 0 Å². The number of alkyl carbamates (subject to hydrolysis) is 1. The maximum Gasteiger partial charge on any atom is 0.407 e. The van der Waals surface area contributed by atoms with Crippen LogP contribution in [0.5, 0.6) is 0 Å². The van der Waals surface area contributed by atoms with E-state index in [0.717, 1.165) is 25.9 Å². The van der Waals surface area contributed by atoms with E-state index in [1.54, 1.807) is 0 Å². The molecule has 0 saturated carbocycles. The fourth-order valence-electron chi connectivity index (χ4n) is 1.84. The molecule has 16 heavy (non-hydrogen) atoms. The maximum absolute atomic E-state index is 11.6. The van der Waals surface area contributed by atoms with Gasteiger partial charge in [-0.3, -0.25) is 0 Å². The van der Waals surface area contributed by atoms with E-state index in [0.29, 0.717) is 0 Å². The van der Waals surface area contributed by atoms with Crippen molar-refractivity contribution in [2.45, 2.75) is 64.7 Å². The van der Waals surface area contributed by atoms with Crippen LogP contribution in [0.2, 0.25) is 0 Å². The summed E-state index contributed by atoms with van der Waals surface area (Å²) in [4.78, 5) is 11.6. The summed E-state index contributed by atoms with van der Waals surface area (Å²) in [5, 5.41) is 2.88. The van der Waals surface area contributed by atoms with Gasteiger partial charge in [0.2, 0.25) is 0 Å². The van der Waals surface area contributed by atoms with Gasteiger partial charge in [-0.25, -0.2) is 4.79 Å². The molecule has 94 valence electrons. The molecule has 1 fully saturated rings. The number of nitrogens with one attached hydrogen (secondary N) is 1. The molecule has 4 heteroatoms. The third-order valence-corrected chi connectivity index (χ3v) is 2.56. The average molecular weight is 229 g/mol. The lowest BCUT2D eigenvalue weighted by Crippen LogP contribution is -2.44. The minimum absolute atomic E-state index is 0.0670. The van der Waals surface area contributed by atoms with Gasteiger partial charge in [0.05, 0.1) is 12.1 Å². The van der Waals surface area contributed by atoms with Crippen LogP contribution in [0.25, 0.3) is 0 Å². The van der Waals surface area contributed by atoms with Crippen molar-refractivity contribution in [2.75, 3.05) is 6.61 Å². The SMILES string of the molecule is CCC(NC(=O)OC(C)(C)C)C1CCCO1. The Morgan fingerprint density at radius 2 is 2.25 bits per heavy atom. The van der Waals surface area contributed by atoms with Crippen LogP contribution in [0.1, 0.15) is 47.0 Å². The van der Waals surface area contributed by atoms with Crippen LogP contribution in [-0.2, 0) is 9.47 Å². The van der Waals surface area contributed by atoms with E-state index in [1.807, 2.05) is 27.7 Å². The maximum atomic E-state index is 11.6. The summed E-state index contributed by atoms with van der Waals surface area (Å²) in [5.41, 5.74) is -0.446. The molecule has 1 aliphatic heterocycles. The number of carbonyl (C=O) groups excluding carboxylic acids is 1. The lowest BCUT2D eigenvalue weighted by atomic mass is 10.1. The van der Waals surface area contributed by atoms with Crippen molar-refractivity contribution in [3.8, 4) is 0 Å². The Morgan fingerprint density at radius 1 is 1.56 bits per heavy atom. The monoisotopic (exact) mass is 229 g/mol. The van der Waals surface area contributed by atoms with Crippen molar-refractivity contribution >= 4 is 6.09 Å². The van der Waals surface area contributed by atoms with Gasteiger partial charge in [0, 0.05) is 6.61 Å². The number of rotatable bonds is 3. The minimum Gasteiger partial charge on any atom is -0.444 e. The van der Waals surface area contributed by atoms with Gasteiger partial charge in [-0.2, -0.15) is 0 Å². The van der Waals surface area contributed by atoms with Crippen molar-refractivity contribution < 1.29 is 14.3 Å². The van der Waals surface area contributed by atoms with Crippen LogP contribution in [0.4, 0.5) is 4.79 Å². The molecule has 1 rings (SSSR count). The molecule has 1 aliphatic rings. The second-order valence-electron chi connectivity index (χ2n) is 5.21. The van der Waals surface area contributed by atoms with Gasteiger partial charge in [0.1, 0.15) is 5.60 Å². The fraction of sp³-hybridized carbons (Fsp3) is 0.917. The summed E-state index contributed by atoms with van der Waals surface area (Å²) < 4.78 is 10.8. The first-order valence-electron chi connectivity index (χ1n) is 6.03. The number of ether oxygens (including phenoxy) is 2. The number of carbonyl (C=O) groups is 1. The Bertz CT molecular complexity index is 229. The van der Waals surface area contributed by atoms with E-state index in [9.17, 15) is 4.79 Å². The smallest absolute Gasteiger partial charge is 0.407 e. The Balaban J connectivity index is 2.40. The van der Waals surface area contributed by atoms with Crippen LogP contribution in [0, 0.1) is 0 Å². The van der Waals surface area contributed by atoms with Crippen molar-refractivity contribution in [1.29, 1.82) is 0 Å². The molecule has 2 atom stereocenters. The zero-order chi connectivity index (χ0) is 12.2. The highest BCUT2D eigenvalue weighted by Gasteiger charge is 2.27. The van der Waals surface area contributed by atoms with Crippen molar-refractivity contribution in [1.82, 2.24) is 5.32 Å². The lowest BCUT2D eigenvalue weighted by Gasteiger charge is -2.25. The van der Waals surface area contributed by atoms with E-state index in [2.05, 4.69) is 5.32 Å². The van der Waals surface area contributed by atoms with E-state index in [4.69, 9.17) is 9.47 Å². The van der Waals surface area contributed by atoms with Crippen molar-refractivity contribution in [3.63, 3.8) is 0 Å². The third kappa shape index (κ3) is 4.39. The molecule has 0 aliphatic carbocycles. The van der Waals surface area contributed by atoms with Crippen LogP contribution >= 0.6 is 0 Å². The van der Waals surface area contributed by atoms with E-state index < -0.39 is 5.60 Å². The number of amides is 1. The van der Waals surface area contributed by atoms with Crippen LogP contribution in [0.3, 0.4) is 0 Å². The molecule has 1 N–H and O–H groups in total. The molecule has 0 spiro atoms. The minimum atomic E-state index is -0.446. The summed E-state index contributed by atoms with van der Waals surface area (Å²) >= 11 is 0. The first-order valence-corrected chi connectivity index (χ1v) is 6.03. The fourth-order valence-corrected chi connectivity index (χ4v) is 1.84. The van der Waals surface area contributed by atoms with Crippen molar-refractivity contribution in [2.24, 2.45) is 0 Å². The van der Waals surface area contributed by atoms with Gasteiger partial charge in [0.15, 0.2) is 0 Å². The van der Waals surface area contributed by atoms with Gasteiger partial charge < -0.3 is 14.8 Å². The molecule has 2 unspecified atom stereocenters. The normalized spacial score (nSPS) is 22.9. The van der Waals surface area contributed by atoms with Gasteiger partial charge in [-0.15, -0.1) is 0 Å². The Morgan fingerprint density at radius 3 is 2.69 bits per heavy atom. The van der Waals surface area contributed by atoms with E-state index >= 15 is 0 Å². The highest BCUT2D eigenvalue weighted by molar-refractivity contribution is 5.68. The number of hydrogen-bond donors (Lipinski definition) is 1. The van der Waals surface area contributed by atoms with E-state index in [1.165, 1.54) is 0 Å². The van der Waals surface area contributed by atoms with Crippen LogP contribution in [-0.4, -0.2) is 30.4 Å².